The second-order valence-corrected chi connectivity index (χ2v) is 5.78. The highest BCUT2D eigenvalue weighted by molar-refractivity contribution is 6.05. The average Bonchev–Trinajstić information content (AvgIpc) is 2.59. The topological polar surface area (TPSA) is 49.4 Å². The van der Waals surface area contributed by atoms with E-state index in [0.29, 0.717) is 24.2 Å². The minimum atomic E-state index is -0.172. The zero-order valence-electron chi connectivity index (χ0n) is 14.7. The van der Waals surface area contributed by atoms with Crippen molar-refractivity contribution in [3.63, 3.8) is 0 Å². The number of carbonyl (C=O) groups excluding carboxylic acids is 2. The Bertz CT molecular complexity index is 712. The van der Waals surface area contributed by atoms with Crippen molar-refractivity contribution in [1.82, 2.24) is 4.90 Å². The zero-order chi connectivity index (χ0) is 17.7. The molecule has 2 rings (SSSR count). The van der Waals surface area contributed by atoms with Crippen LogP contribution in [0.3, 0.4) is 0 Å². The Balaban J connectivity index is 2.16. The van der Waals surface area contributed by atoms with Crippen molar-refractivity contribution >= 4 is 17.5 Å². The van der Waals surface area contributed by atoms with Gasteiger partial charge in [-0.05, 0) is 63.1 Å². The fourth-order valence-corrected chi connectivity index (χ4v) is 2.65. The van der Waals surface area contributed by atoms with Gasteiger partial charge in [0.2, 0.25) is 0 Å². The van der Waals surface area contributed by atoms with E-state index in [1.165, 1.54) is 0 Å². The lowest BCUT2D eigenvalue weighted by atomic mass is 10.1. The van der Waals surface area contributed by atoms with Crippen molar-refractivity contribution in [1.29, 1.82) is 0 Å². The average molecular weight is 324 g/mol. The van der Waals surface area contributed by atoms with Gasteiger partial charge in [0.25, 0.3) is 11.8 Å². The summed E-state index contributed by atoms with van der Waals surface area (Å²) in [5.74, 6) is -0.184. The van der Waals surface area contributed by atoms with Gasteiger partial charge in [0, 0.05) is 29.9 Å². The number of hydrogen-bond donors (Lipinski definition) is 1. The Hall–Kier alpha value is -2.62. The van der Waals surface area contributed by atoms with Crippen LogP contribution in [0.15, 0.2) is 42.5 Å². The summed E-state index contributed by atoms with van der Waals surface area (Å²) < 4.78 is 0. The maximum Gasteiger partial charge on any atom is 0.255 e. The Morgan fingerprint density at radius 2 is 1.38 bits per heavy atom. The molecule has 0 aliphatic heterocycles. The lowest BCUT2D eigenvalue weighted by Crippen LogP contribution is -2.30. The lowest BCUT2D eigenvalue weighted by Gasteiger charge is -2.18. The van der Waals surface area contributed by atoms with E-state index in [2.05, 4.69) is 5.32 Å². The van der Waals surface area contributed by atoms with E-state index in [1.54, 1.807) is 29.2 Å². The van der Waals surface area contributed by atoms with Crippen molar-refractivity contribution in [2.75, 3.05) is 18.4 Å². The molecule has 24 heavy (non-hydrogen) atoms. The number of nitrogens with zero attached hydrogens (tertiary/aromatic N) is 1. The second-order valence-electron chi connectivity index (χ2n) is 5.78. The van der Waals surface area contributed by atoms with E-state index >= 15 is 0 Å². The van der Waals surface area contributed by atoms with Crippen LogP contribution < -0.4 is 5.32 Å². The Morgan fingerprint density at radius 1 is 0.875 bits per heavy atom. The number of benzene rings is 2. The van der Waals surface area contributed by atoms with Crippen LogP contribution in [0.5, 0.6) is 0 Å². The third-order valence-corrected chi connectivity index (χ3v) is 4.16. The van der Waals surface area contributed by atoms with Gasteiger partial charge in [-0.1, -0.05) is 18.2 Å². The molecule has 0 bridgehead atoms. The molecule has 0 saturated heterocycles. The van der Waals surface area contributed by atoms with Gasteiger partial charge < -0.3 is 10.2 Å². The van der Waals surface area contributed by atoms with Crippen LogP contribution in [0.1, 0.15) is 45.7 Å². The summed E-state index contributed by atoms with van der Waals surface area (Å²) in [7, 11) is 0. The highest BCUT2D eigenvalue weighted by Gasteiger charge is 2.14. The van der Waals surface area contributed by atoms with Crippen LogP contribution in [0.4, 0.5) is 5.69 Å². The molecule has 0 radical (unpaired) electrons. The van der Waals surface area contributed by atoms with E-state index in [-0.39, 0.29) is 11.8 Å². The predicted octanol–water partition coefficient (Wildman–Crippen LogP) is 4.04. The summed E-state index contributed by atoms with van der Waals surface area (Å²) in [5, 5.41) is 2.95. The van der Waals surface area contributed by atoms with Gasteiger partial charge in [-0.15, -0.1) is 0 Å². The molecule has 2 aromatic rings. The Morgan fingerprint density at radius 3 is 1.88 bits per heavy atom. The van der Waals surface area contributed by atoms with Gasteiger partial charge in [-0.3, -0.25) is 9.59 Å². The van der Waals surface area contributed by atoms with Crippen LogP contribution >= 0.6 is 0 Å². The maximum absolute atomic E-state index is 12.4. The van der Waals surface area contributed by atoms with Gasteiger partial charge >= 0.3 is 0 Å². The molecule has 2 amide bonds. The summed E-state index contributed by atoms with van der Waals surface area (Å²) in [6, 6.07) is 12.7. The van der Waals surface area contributed by atoms with Gasteiger partial charge in [0.1, 0.15) is 0 Å². The Labute approximate surface area is 143 Å². The van der Waals surface area contributed by atoms with Gasteiger partial charge in [0.05, 0.1) is 0 Å². The van der Waals surface area contributed by atoms with Crippen molar-refractivity contribution in [3.8, 4) is 0 Å². The number of amides is 2. The van der Waals surface area contributed by atoms with Gasteiger partial charge in [-0.25, -0.2) is 0 Å². The first kappa shape index (κ1) is 17.7. The summed E-state index contributed by atoms with van der Waals surface area (Å²) in [5.41, 5.74) is 4.02. The third kappa shape index (κ3) is 3.82. The molecule has 0 spiro atoms. The van der Waals surface area contributed by atoms with Gasteiger partial charge in [-0.2, -0.15) is 0 Å². The molecular formula is C20H24N2O2. The first-order chi connectivity index (χ1) is 11.5. The molecule has 2 aromatic carbocycles. The van der Waals surface area contributed by atoms with Crippen LogP contribution in [0.25, 0.3) is 0 Å². The van der Waals surface area contributed by atoms with E-state index in [0.717, 1.165) is 16.8 Å². The quantitative estimate of drug-likeness (QED) is 0.902. The minimum absolute atomic E-state index is 0.0123. The fourth-order valence-electron chi connectivity index (χ4n) is 2.65. The van der Waals surface area contributed by atoms with Gasteiger partial charge in [0.15, 0.2) is 0 Å². The first-order valence-electron chi connectivity index (χ1n) is 8.24. The summed E-state index contributed by atoms with van der Waals surface area (Å²) in [6.07, 6.45) is 0. The van der Waals surface area contributed by atoms with Crippen LogP contribution in [0.2, 0.25) is 0 Å². The number of para-hydroxylation sites is 1. The summed E-state index contributed by atoms with van der Waals surface area (Å²) >= 11 is 0. The zero-order valence-corrected chi connectivity index (χ0v) is 14.7. The molecule has 0 aliphatic rings. The molecule has 1 N–H and O–H groups in total. The van der Waals surface area contributed by atoms with Crippen molar-refractivity contribution in [2.24, 2.45) is 0 Å². The normalized spacial score (nSPS) is 10.3. The van der Waals surface area contributed by atoms with Crippen LogP contribution in [-0.4, -0.2) is 29.8 Å². The largest absolute Gasteiger partial charge is 0.339 e. The fraction of sp³-hybridized carbons (Fsp3) is 0.300. The van der Waals surface area contributed by atoms with E-state index in [4.69, 9.17) is 0 Å². The highest BCUT2D eigenvalue weighted by Crippen LogP contribution is 2.20. The molecule has 0 aliphatic carbocycles. The second kappa shape index (κ2) is 7.77. The number of hydrogen-bond acceptors (Lipinski definition) is 2. The van der Waals surface area contributed by atoms with E-state index in [9.17, 15) is 9.59 Å². The number of anilines is 1. The van der Waals surface area contributed by atoms with Crippen molar-refractivity contribution < 1.29 is 9.59 Å². The third-order valence-electron chi connectivity index (χ3n) is 4.16. The maximum atomic E-state index is 12.4. The first-order valence-corrected chi connectivity index (χ1v) is 8.24. The SMILES string of the molecule is CCN(CC)C(=O)c1ccc(C(=O)Nc2c(C)cccc2C)cc1. The predicted molar refractivity (Wildman–Crippen MR) is 97.6 cm³/mol. The Kier molecular flexibility index (Phi) is 5.74. The molecule has 0 atom stereocenters. The minimum Gasteiger partial charge on any atom is -0.339 e. The van der Waals surface area contributed by atoms with Crippen LogP contribution in [0, 0.1) is 13.8 Å². The molecule has 0 heterocycles. The molecule has 0 fully saturated rings. The van der Waals surface area contributed by atoms with E-state index < -0.39 is 0 Å². The van der Waals surface area contributed by atoms with Crippen LogP contribution in [-0.2, 0) is 0 Å². The summed E-state index contributed by atoms with van der Waals surface area (Å²) in [6.45, 7) is 9.18. The molecule has 126 valence electrons. The van der Waals surface area contributed by atoms with Crippen molar-refractivity contribution in [3.05, 3.63) is 64.7 Å². The highest BCUT2D eigenvalue weighted by atomic mass is 16.2. The number of rotatable bonds is 5. The standard InChI is InChI=1S/C20H24N2O2/c1-5-22(6-2)20(24)17-12-10-16(11-13-17)19(23)21-18-14(3)8-7-9-15(18)4/h7-13H,5-6H2,1-4H3,(H,21,23). The lowest BCUT2D eigenvalue weighted by molar-refractivity contribution is 0.0772. The van der Waals surface area contributed by atoms with Crippen molar-refractivity contribution in [2.45, 2.75) is 27.7 Å². The molecule has 0 aromatic heterocycles. The number of nitrogens with one attached hydrogen (secondary N) is 1. The molecule has 0 saturated carbocycles. The number of carbonyl (C=O) groups is 2. The molecular weight excluding hydrogens is 300 g/mol. The number of aryl methyl sites for hydroxylation is 2. The van der Waals surface area contributed by atoms with E-state index in [1.807, 2.05) is 45.9 Å². The molecule has 0 unspecified atom stereocenters. The molecule has 4 heteroatoms. The smallest absolute Gasteiger partial charge is 0.255 e. The molecule has 4 nitrogen and oxygen atoms in total. The monoisotopic (exact) mass is 324 g/mol. The summed E-state index contributed by atoms with van der Waals surface area (Å²) in [4.78, 5) is 26.5.